The van der Waals surface area contributed by atoms with Crippen LogP contribution in [0.1, 0.15) is 19.8 Å². The number of hydrogen-bond acceptors (Lipinski definition) is 3. The summed E-state index contributed by atoms with van der Waals surface area (Å²) in [5.74, 6) is 0.319. The van der Waals surface area contributed by atoms with E-state index in [1.54, 1.807) is 7.05 Å². The summed E-state index contributed by atoms with van der Waals surface area (Å²) in [5.41, 5.74) is 0. The van der Waals surface area contributed by atoms with E-state index in [1.165, 1.54) is 0 Å². The van der Waals surface area contributed by atoms with Gasteiger partial charge in [-0.2, -0.15) is 0 Å². The lowest BCUT2D eigenvalue weighted by Gasteiger charge is -2.27. The van der Waals surface area contributed by atoms with E-state index < -0.39 is 0 Å². The lowest BCUT2D eigenvalue weighted by Crippen LogP contribution is -2.50. The number of amides is 2. The van der Waals surface area contributed by atoms with Crippen molar-refractivity contribution < 1.29 is 9.59 Å². The van der Waals surface area contributed by atoms with Crippen molar-refractivity contribution in [3.63, 3.8) is 0 Å². The summed E-state index contributed by atoms with van der Waals surface area (Å²) in [6.45, 7) is 3.07. The van der Waals surface area contributed by atoms with Gasteiger partial charge >= 0.3 is 0 Å². The zero-order chi connectivity index (χ0) is 11.3. The Balaban J connectivity index is 2.30. The quantitative estimate of drug-likeness (QED) is 0.577. The molecule has 0 spiro atoms. The highest BCUT2D eigenvalue weighted by molar-refractivity contribution is 5.87. The van der Waals surface area contributed by atoms with Crippen molar-refractivity contribution in [2.45, 2.75) is 25.8 Å². The Kier molecular flexibility index (Phi) is 4.55. The van der Waals surface area contributed by atoms with Crippen molar-refractivity contribution in [3.05, 3.63) is 0 Å². The summed E-state index contributed by atoms with van der Waals surface area (Å²) >= 11 is 0. The maximum absolute atomic E-state index is 11.6. The van der Waals surface area contributed by atoms with Crippen LogP contribution in [0.4, 0.5) is 0 Å². The SMILES string of the molecule is CNC(=O)CNC(=O)C1CC(C)CCN1. The molecule has 86 valence electrons. The molecule has 1 saturated heterocycles. The molecule has 1 rings (SSSR count). The van der Waals surface area contributed by atoms with Crippen molar-refractivity contribution in [2.75, 3.05) is 20.1 Å². The lowest BCUT2D eigenvalue weighted by atomic mass is 9.94. The molecule has 2 amide bonds. The molecule has 5 nitrogen and oxygen atoms in total. The van der Waals surface area contributed by atoms with Crippen LogP contribution in [0.5, 0.6) is 0 Å². The van der Waals surface area contributed by atoms with Gasteiger partial charge in [-0.3, -0.25) is 9.59 Å². The van der Waals surface area contributed by atoms with E-state index >= 15 is 0 Å². The second-order valence-corrected chi connectivity index (χ2v) is 4.03. The Morgan fingerprint density at radius 3 is 2.80 bits per heavy atom. The molecule has 0 aromatic rings. The molecule has 0 aromatic carbocycles. The van der Waals surface area contributed by atoms with Gasteiger partial charge < -0.3 is 16.0 Å². The molecule has 5 heteroatoms. The van der Waals surface area contributed by atoms with Crippen molar-refractivity contribution in [1.29, 1.82) is 0 Å². The second-order valence-electron chi connectivity index (χ2n) is 4.03. The summed E-state index contributed by atoms with van der Waals surface area (Å²) in [6, 6.07) is -0.140. The Bertz CT molecular complexity index is 243. The second kappa shape index (κ2) is 5.70. The van der Waals surface area contributed by atoms with E-state index in [0.29, 0.717) is 5.92 Å². The maximum atomic E-state index is 11.6. The molecule has 2 atom stereocenters. The maximum Gasteiger partial charge on any atom is 0.239 e. The molecule has 1 aliphatic heterocycles. The van der Waals surface area contributed by atoms with Gasteiger partial charge in [0.15, 0.2) is 0 Å². The average Bonchev–Trinajstić information content (AvgIpc) is 2.25. The van der Waals surface area contributed by atoms with Crippen LogP contribution in [0.2, 0.25) is 0 Å². The average molecular weight is 213 g/mol. The van der Waals surface area contributed by atoms with Gasteiger partial charge in [0.05, 0.1) is 12.6 Å². The lowest BCUT2D eigenvalue weighted by molar-refractivity contribution is -0.127. The van der Waals surface area contributed by atoms with Crippen LogP contribution >= 0.6 is 0 Å². The molecule has 3 N–H and O–H groups in total. The Labute approximate surface area is 90.0 Å². The molecular formula is C10H19N3O2. The first-order chi connectivity index (χ1) is 7.13. The van der Waals surface area contributed by atoms with Gasteiger partial charge in [-0.25, -0.2) is 0 Å². The van der Waals surface area contributed by atoms with Crippen LogP contribution in [0.3, 0.4) is 0 Å². The topological polar surface area (TPSA) is 70.2 Å². The summed E-state index contributed by atoms with van der Waals surface area (Å²) in [6.07, 6.45) is 1.96. The Morgan fingerprint density at radius 2 is 2.20 bits per heavy atom. The zero-order valence-electron chi connectivity index (χ0n) is 9.30. The third-order valence-electron chi connectivity index (χ3n) is 2.68. The number of carbonyl (C=O) groups excluding carboxylic acids is 2. The van der Waals surface area contributed by atoms with Gasteiger partial charge in [0.1, 0.15) is 0 Å². The predicted octanol–water partition coefficient (Wildman–Crippen LogP) is -0.763. The first-order valence-corrected chi connectivity index (χ1v) is 5.35. The van der Waals surface area contributed by atoms with Gasteiger partial charge in [-0.1, -0.05) is 6.92 Å². The molecule has 15 heavy (non-hydrogen) atoms. The molecule has 1 fully saturated rings. The zero-order valence-corrected chi connectivity index (χ0v) is 9.30. The van der Waals surface area contributed by atoms with E-state index in [4.69, 9.17) is 0 Å². The van der Waals surface area contributed by atoms with Crippen molar-refractivity contribution in [3.8, 4) is 0 Å². The van der Waals surface area contributed by atoms with E-state index in [2.05, 4.69) is 22.9 Å². The summed E-state index contributed by atoms with van der Waals surface area (Å²) in [7, 11) is 1.55. The van der Waals surface area contributed by atoms with Crippen molar-refractivity contribution in [2.24, 2.45) is 5.92 Å². The van der Waals surface area contributed by atoms with Crippen molar-refractivity contribution in [1.82, 2.24) is 16.0 Å². The Hall–Kier alpha value is -1.10. The number of likely N-dealkylation sites (N-methyl/N-ethyl adjacent to an activating group) is 1. The highest BCUT2D eigenvalue weighted by atomic mass is 16.2. The van der Waals surface area contributed by atoms with E-state index in [9.17, 15) is 9.59 Å². The molecule has 0 aromatic heterocycles. The van der Waals surface area contributed by atoms with Crippen LogP contribution in [0.25, 0.3) is 0 Å². The predicted molar refractivity (Wildman–Crippen MR) is 57.3 cm³/mol. The summed E-state index contributed by atoms with van der Waals surface area (Å²) in [4.78, 5) is 22.5. The molecule has 0 bridgehead atoms. The number of nitrogens with one attached hydrogen (secondary N) is 3. The fourth-order valence-electron chi connectivity index (χ4n) is 1.69. The minimum absolute atomic E-state index is 0.0574. The van der Waals surface area contributed by atoms with Gasteiger partial charge in [-0.15, -0.1) is 0 Å². The third kappa shape index (κ3) is 3.87. The van der Waals surface area contributed by atoms with E-state index in [-0.39, 0.29) is 24.4 Å². The molecular weight excluding hydrogens is 194 g/mol. The van der Waals surface area contributed by atoms with Crippen LogP contribution in [0, 0.1) is 5.92 Å². The van der Waals surface area contributed by atoms with Gasteiger partial charge in [0.2, 0.25) is 11.8 Å². The van der Waals surface area contributed by atoms with E-state index in [1.807, 2.05) is 0 Å². The number of carbonyl (C=O) groups is 2. The van der Waals surface area contributed by atoms with E-state index in [0.717, 1.165) is 19.4 Å². The van der Waals surface area contributed by atoms with Crippen molar-refractivity contribution >= 4 is 11.8 Å². The van der Waals surface area contributed by atoms with Crippen LogP contribution in [-0.2, 0) is 9.59 Å². The fourth-order valence-corrected chi connectivity index (χ4v) is 1.69. The summed E-state index contributed by atoms with van der Waals surface area (Å²) in [5, 5.41) is 8.22. The molecule has 1 aliphatic rings. The minimum Gasteiger partial charge on any atom is -0.358 e. The van der Waals surface area contributed by atoms with Crippen LogP contribution < -0.4 is 16.0 Å². The number of hydrogen-bond donors (Lipinski definition) is 3. The summed E-state index contributed by atoms with van der Waals surface area (Å²) < 4.78 is 0. The third-order valence-corrected chi connectivity index (χ3v) is 2.68. The highest BCUT2D eigenvalue weighted by Gasteiger charge is 2.24. The molecule has 0 radical (unpaired) electrons. The monoisotopic (exact) mass is 213 g/mol. The first kappa shape index (κ1) is 12.0. The first-order valence-electron chi connectivity index (χ1n) is 5.35. The fraction of sp³-hybridized carbons (Fsp3) is 0.800. The number of piperidine rings is 1. The standard InChI is InChI=1S/C10H19N3O2/c1-7-3-4-12-8(5-7)10(15)13-6-9(14)11-2/h7-8,12H,3-6H2,1-2H3,(H,11,14)(H,13,15). The molecule has 0 aliphatic carbocycles. The Morgan fingerprint density at radius 1 is 1.47 bits per heavy atom. The molecule has 2 unspecified atom stereocenters. The minimum atomic E-state index is -0.174. The normalized spacial score (nSPS) is 25.7. The largest absolute Gasteiger partial charge is 0.358 e. The van der Waals surface area contributed by atoms with Gasteiger partial charge in [-0.05, 0) is 25.3 Å². The molecule has 1 heterocycles. The number of rotatable bonds is 3. The van der Waals surface area contributed by atoms with Gasteiger partial charge in [0.25, 0.3) is 0 Å². The van der Waals surface area contributed by atoms with Gasteiger partial charge in [0, 0.05) is 7.05 Å². The van der Waals surface area contributed by atoms with Crippen LogP contribution in [0.15, 0.2) is 0 Å². The highest BCUT2D eigenvalue weighted by Crippen LogP contribution is 2.14. The molecule has 0 saturated carbocycles. The van der Waals surface area contributed by atoms with Crippen LogP contribution in [-0.4, -0.2) is 38.0 Å². The smallest absolute Gasteiger partial charge is 0.239 e.